The van der Waals surface area contributed by atoms with Gasteiger partial charge >= 0.3 is 0 Å². The first kappa shape index (κ1) is 26.5. The molecular formula is C28H22Br2FN3O3S. The van der Waals surface area contributed by atoms with Crippen molar-refractivity contribution in [3.05, 3.63) is 104 Å². The van der Waals surface area contributed by atoms with E-state index in [0.29, 0.717) is 5.75 Å². The lowest BCUT2D eigenvalue weighted by Gasteiger charge is -2.26. The summed E-state index contributed by atoms with van der Waals surface area (Å²) in [5.41, 5.74) is 2.69. The Labute approximate surface area is 239 Å². The van der Waals surface area contributed by atoms with E-state index in [4.69, 9.17) is 4.74 Å². The topological polar surface area (TPSA) is 60.5 Å². The molecule has 1 aromatic heterocycles. The van der Waals surface area contributed by atoms with E-state index in [0.717, 1.165) is 41.3 Å². The van der Waals surface area contributed by atoms with Crippen LogP contribution in [0.4, 0.5) is 15.8 Å². The van der Waals surface area contributed by atoms with Crippen LogP contribution in [-0.2, 0) is 6.54 Å². The van der Waals surface area contributed by atoms with Crippen LogP contribution in [0.25, 0.3) is 21.8 Å². The number of fused-ring (bicyclic) bond motifs is 3. The van der Waals surface area contributed by atoms with E-state index in [1.165, 1.54) is 24.1 Å². The minimum absolute atomic E-state index is 0.00952. The summed E-state index contributed by atoms with van der Waals surface area (Å²) < 4.78 is 27.1. The van der Waals surface area contributed by atoms with Gasteiger partial charge in [-0.05, 0) is 72.6 Å². The number of anilines is 1. The molecule has 194 valence electrons. The SMILES string of the molecule is COc1cccc(N(CC(F)Cn2c3ccc(Br)cc3c3cc(Br)ccc32)Sc2ccc([N+](=O)[O-])cc2)c1. The van der Waals surface area contributed by atoms with Gasteiger partial charge in [-0.25, -0.2) is 4.39 Å². The van der Waals surface area contributed by atoms with Gasteiger partial charge in [0.15, 0.2) is 0 Å². The Morgan fingerprint density at radius 1 is 0.974 bits per heavy atom. The number of alkyl halides is 1. The Balaban J connectivity index is 1.47. The van der Waals surface area contributed by atoms with E-state index in [9.17, 15) is 10.1 Å². The highest BCUT2D eigenvalue weighted by Crippen LogP contribution is 2.35. The van der Waals surface area contributed by atoms with Gasteiger partial charge in [0.25, 0.3) is 5.69 Å². The van der Waals surface area contributed by atoms with Gasteiger partial charge in [0, 0.05) is 53.8 Å². The fourth-order valence-corrected chi connectivity index (χ4v) is 6.09. The molecule has 1 unspecified atom stereocenters. The number of hydrogen-bond acceptors (Lipinski definition) is 5. The summed E-state index contributed by atoms with van der Waals surface area (Å²) in [5, 5.41) is 13.2. The largest absolute Gasteiger partial charge is 0.497 e. The van der Waals surface area contributed by atoms with E-state index in [1.54, 1.807) is 19.2 Å². The molecule has 0 spiro atoms. The average molecular weight is 659 g/mol. The fourth-order valence-electron chi connectivity index (χ4n) is 4.40. The highest BCUT2D eigenvalue weighted by Gasteiger charge is 2.20. The number of hydrogen-bond donors (Lipinski definition) is 0. The number of nitro benzene ring substituents is 1. The number of ether oxygens (including phenoxy) is 1. The van der Waals surface area contributed by atoms with Crippen molar-refractivity contribution < 1.29 is 14.1 Å². The van der Waals surface area contributed by atoms with Crippen LogP contribution >= 0.6 is 43.8 Å². The van der Waals surface area contributed by atoms with Crippen LogP contribution < -0.4 is 9.04 Å². The quantitative estimate of drug-likeness (QED) is 0.0900. The van der Waals surface area contributed by atoms with Crippen LogP contribution in [0.3, 0.4) is 0 Å². The third-order valence-electron chi connectivity index (χ3n) is 6.14. The average Bonchev–Trinajstić information content (AvgIpc) is 3.20. The number of rotatable bonds is 9. The van der Waals surface area contributed by atoms with Crippen molar-refractivity contribution in [1.82, 2.24) is 4.57 Å². The van der Waals surface area contributed by atoms with E-state index in [1.807, 2.05) is 57.4 Å². The fraction of sp³-hybridized carbons (Fsp3) is 0.143. The Kier molecular flexibility index (Phi) is 7.92. The molecule has 4 aromatic carbocycles. The molecule has 6 nitrogen and oxygen atoms in total. The number of benzene rings is 4. The first-order valence-corrected chi connectivity index (χ1v) is 14.0. The predicted octanol–water partition coefficient (Wildman–Crippen LogP) is 8.79. The van der Waals surface area contributed by atoms with E-state index in [-0.39, 0.29) is 18.8 Å². The molecule has 1 atom stereocenters. The maximum atomic E-state index is 16.0. The lowest BCUT2D eigenvalue weighted by Crippen LogP contribution is -2.27. The lowest BCUT2D eigenvalue weighted by molar-refractivity contribution is -0.384. The van der Waals surface area contributed by atoms with Crippen molar-refractivity contribution in [2.75, 3.05) is 18.0 Å². The summed E-state index contributed by atoms with van der Waals surface area (Å²) in [4.78, 5) is 11.4. The molecule has 0 amide bonds. The molecule has 5 rings (SSSR count). The first-order chi connectivity index (χ1) is 18.3. The molecule has 38 heavy (non-hydrogen) atoms. The normalized spacial score (nSPS) is 12.1. The molecule has 10 heteroatoms. The summed E-state index contributed by atoms with van der Waals surface area (Å²) in [5.74, 6) is 0.658. The molecule has 0 saturated heterocycles. The second kappa shape index (κ2) is 11.3. The first-order valence-electron chi connectivity index (χ1n) is 11.7. The number of aromatic nitrogens is 1. The Morgan fingerprint density at radius 3 is 2.18 bits per heavy atom. The molecule has 5 aromatic rings. The van der Waals surface area contributed by atoms with Crippen LogP contribution in [0.5, 0.6) is 5.75 Å². The van der Waals surface area contributed by atoms with Crippen LogP contribution in [0.1, 0.15) is 0 Å². The van der Waals surface area contributed by atoms with Gasteiger partial charge in [0.05, 0.1) is 30.8 Å². The van der Waals surface area contributed by atoms with Crippen LogP contribution in [-0.4, -0.2) is 29.3 Å². The molecule has 0 N–H and O–H groups in total. The number of methoxy groups -OCH3 is 1. The molecule has 0 saturated carbocycles. The summed E-state index contributed by atoms with van der Waals surface area (Å²) in [6, 6.07) is 25.7. The zero-order valence-electron chi connectivity index (χ0n) is 20.2. The number of non-ortho nitro benzene ring substituents is 1. The second-order valence-corrected chi connectivity index (χ2v) is 11.6. The second-order valence-electron chi connectivity index (χ2n) is 8.64. The third kappa shape index (κ3) is 5.67. The summed E-state index contributed by atoms with van der Waals surface area (Å²) in [6.07, 6.45) is -1.22. The molecule has 0 aliphatic rings. The monoisotopic (exact) mass is 657 g/mol. The van der Waals surface area contributed by atoms with Crippen molar-refractivity contribution in [2.24, 2.45) is 0 Å². The lowest BCUT2D eigenvalue weighted by atomic mass is 10.2. The van der Waals surface area contributed by atoms with Gasteiger partial charge < -0.3 is 13.6 Å². The van der Waals surface area contributed by atoms with Crippen molar-refractivity contribution in [3.8, 4) is 5.75 Å². The van der Waals surface area contributed by atoms with Crippen molar-refractivity contribution >= 4 is 77.0 Å². The molecular weight excluding hydrogens is 637 g/mol. The van der Waals surface area contributed by atoms with Crippen LogP contribution in [0, 0.1) is 10.1 Å². The zero-order chi connectivity index (χ0) is 26.8. The van der Waals surface area contributed by atoms with Gasteiger partial charge in [0.2, 0.25) is 0 Å². The standard InChI is InChI=1S/C28H22Br2FN3O3S/c1-37-23-4-2-3-22(15-23)33(38-24-9-7-21(8-10-24)34(35)36)17-20(31)16-32-27-11-5-18(29)13-25(27)26-14-19(30)6-12-28(26)32/h2-15,20H,16-17H2,1H3. The van der Waals surface area contributed by atoms with Crippen molar-refractivity contribution in [2.45, 2.75) is 17.6 Å². The molecule has 1 heterocycles. The van der Waals surface area contributed by atoms with Gasteiger partial charge in [0.1, 0.15) is 11.9 Å². The van der Waals surface area contributed by atoms with Crippen LogP contribution in [0.2, 0.25) is 0 Å². The Morgan fingerprint density at radius 2 is 1.61 bits per heavy atom. The maximum absolute atomic E-state index is 16.0. The van der Waals surface area contributed by atoms with Crippen molar-refractivity contribution in [1.29, 1.82) is 0 Å². The summed E-state index contributed by atoms with van der Waals surface area (Å²) in [7, 11) is 1.59. The summed E-state index contributed by atoms with van der Waals surface area (Å²) in [6.45, 7) is 0.244. The van der Waals surface area contributed by atoms with E-state index >= 15 is 4.39 Å². The Bertz CT molecular complexity index is 1570. The minimum Gasteiger partial charge on any atom is -0.497 e. The van der Waals surface area contributed by atoms with Gasteiger partial charge in [-0.3, -0.25) is 10.1 Å². The summed E-state index contributed by atoms with van der Waals surface area (Å²) >= 11 is 8.44. The number of nitro groups is 1. The van der Waals surface area contributed by atoms with E-state index < -0.39 is 11.1 Å². The predicted molar refractivity (Wildman–Crippen MR) is 159 cm³/mol. The zero-order valence-corrected chi connectivity index (χ0v) is 24.2. The van der Waals surface area contributed by atoms with Gasteiger partial charge in [-0.2, -0.15) is 0 Å². The third-order valence-corrected chi connectivity index (χ3v) is 8.19. The molecule has 0 bridgehead atoms. The van der Waals surface area contributed by atoms with Crippen LogP contribution in [0.15, 0.2) is 98.8 Å². The molecule has 0 fully saturated rings. The van der Waals surface area contributed by atoms with Gasteiger partial charge in [-0.15, -0.1) is 0 Å². The smallest absolute Gasteiger partial charge is 0.269 e. The number of nitrogens with zero attached hydrogens (tertiary/aromatic N) is 3. The maximum Gasteiger partial charge on any atom is 0.269 e. The highest BCUT2D eigenvalue weighted by molar-refractivity contribution is 9.10. The molecule has 0 radical (unpaired) electrons. The molecule has 0 aliphatic heterocycles. The van der Waals surface area contributed by atoms with E-state index in [2.05, 4.69) is 44.0 Å². The van der Waals surface area contributed by atoms with Gasteiger partial charge in [-0.1, -0.05) is 37.9 Å². The number of halogens is 3. The van der Waals surface area contributed by atoms with Crippen molar-refractivity contribution in [3.63, 3.8) is 0 Å². The highest BCUT2D eigenvalue weighted by atomic mass is 79.9. The Hall–Kier alpha value is -3.08. The minimum atomic E-state index is -1.22. The molecule has 0 aliphatic carbocycles.